The van der Waals surface area contributed by atoms with E-state index >= 15 is 0 Å². The van der Waals surface area contributed by atoms with Crippen molar-refractivity contribution in [2.45, 2.75) is 33.4 Å². The number of nitrogens with zero attached hydrogens (tertiary/aromatic N) is 7. The van der Waals surface area contributed by atoms with E-state index in [9.17, 15) is 26.3 Å². The molecule has 0 saturated heterocycles. The molecule has 2 unspecified atom stereocenters. The molecule has 0 fully saturated rings. The van der Waals surface area contributed by atoms with Crippen LogP contribution in [-0.4, -0.2) is 68.6 Å². The number of aryl methyl sites for hydroxylation is 2. The zero-order chi connectivity index (χ0) is 42.2. The Morgan fingerprint density at radius 2 is 1.23 bits per heavy atom. The van der Waals surface area contributed by atoms with Crippen molar-refractivity contribution in [1.29, 1.82) is 0 Å². The molecule has 6 heterocycles. The number of H-pyrrole nitrogens is 1. The predicted octanol–water partition coefficient (Wildman–Crippen LogP) is 7.67. The first kappa shape index (κ1) is 44.8. The lowest BCUT2D eigenvalue weighted by atomic mass is 10.1. The molecule has 316 valence electrons. The van der Waals surface area contributed by atoms with E-state index in [2.05, 4.69) is 61.8 Å². The minimum Gasteiger partial charge on any atom is -0.480 e. The minimum absolute atomic E-state index is 0. The van der Waals surface area contributed by atoms with Crippen molar-refractivity contribution >= 4 is 27.6 Å². The lowest BCUT2D eigenvalue weighted by molar-refractivity contribution is 0.0619. The summed E-state index contributed by atoms with van der Waals surface area (Å²) in [5, 5.41) is 0. The Kier molecular flexibility index (Phi) is 15.0. The number of hydrogen-bond acceptors (Lipinski definition) is 12. The molecule has 60 heavy (non-hydrogen) atoms. The highest BCUT2D eigenvalue weighted by molar-refractivity contribution is 9.10. The number of aromatic amines is 1. The summed E-state index contributed by atoms with van der Waals surface area (Å²) >= 11 is 3.29. The molecular weight excluding hydrogens is 866 g/mol. The lowest BCUT2D eigenvalue weighted by Crippen LogP contribution is -2.33. The molecule has 2 atom stereocenters. The summed E-state index contributed by atoms with van der Waals surface area (Å²) in [5.74, 6) is -6.97. The predicted molar refractivity (Wildman–Crippen MR) is 211 cm³/mol. The molecule has 0 radical (unpaired) electrons. The first-order chi connectivity index (χ1) is 28.3. The van der Waals surface area contributed by atoms with Gasteiger partial charge in [0.25, 0.3) is 0 Å². The van der Waals surface area contributed by atoms with Gasteiger partial charge in [0.1, 0.15) is 42.4 Å². The second kappa shape index (κ2) is 20.1. The average molecular weight is 904 g/mol. The number of rotatable bonds is 7. The van der Waals surface area contributed by atoms with Crippen molar-refractivity contribution in [3.8, 4) is 17.4 Å². The molecule has 4 aromatic heterocycles. The molecule has 0 amide bonds. The maximum absolute atomic E-state index is 13.6. The third-order valence-corrected chi connectivity index (χ3v) is 8.93. The van der Waals surface area contributed by atoms with Crippen LogP contribution in [0.1, 0.15) is 53.4 Å². The Balaban J connectivity index is 0.000000199. The number of benzene rings is 2. The smallest absolute Gasteiger partial charge is 0.238 e. The van der Waals surface area contributed by atoms with Crippen LogP contribution in [0, 0.1) is 48.8 Å². The number of hydroxylamine groups is 2. The third-order valence-electron chi connectivity index (χ3n) is 8.32. The SMILES string of the molecule is C.COc1nc(C2=NC(c3cc(F)c(F)c(F)c3)CON2)ccc1-n1cnc(C)c1.COc1nc(C2=NC(c3cc(F)c(F)c(F)c3)CON2)ccc1Br.Cc1cnc[nH]1. The number of ether oxygens (including phenoxy) is 2. The lowest BCUT2D eigenvalue weighted by Gasteiger charge is -2.22. The van der Waals surface area contributed by atoms with Crippen molar-refractivity contribution in [2.24, 2.45) is 9.98 Å². The topological polar surface area (TPSA) is 158 Å². The first-order valence-corrected chi connectivity index (χ1v) is 18.1. The van der Waals surface area contributed by atoms with Crippen LogP contribution in [0.3, 0.4) is 0 Å². The Hall–Kier alpha value is -6.32. The van der Waals surface area contributed by atoms with Gasteiger partial charge in [-0.05, 0) is 89.4 Å². The van der Waals surface area contributed by atoms with Crippen LogP contribution in [-0.2, 0) is 9.68 Å². The van der Waals surface area contributed by atoms with Crippen LogP contribution < -0.4 is 20.4 Å². The Morgan fingerprint density at radius 3 is 1.65 bits per heavy atom. The van der Waals surface area contributed by atoms with Crippen molar-refractivity contribution in [2.75, 3.05) is 27.4 Å². The van der Waals surface area contributed by atoms with E-state index < -0.39 is 47.0 Å². The summed E-state index contributed by atoms with van der Waals surface area (Å²) in [6, 6.07) is 8.99. The van der Waals surface area contributed by atoms with Crippen LogP contribution in [0.5, 0.6) is 11.8 Å². The normalized spacial score (nSPS) is 15.7. The molecule has 0 spiro atoms. The molecule has 0 aliphatic carbocycles. The summed E-state index contributed by atoms with van der Waals surface area (Å²) in [4.78, 5) is 38.7. The molecule has 14 nitrogen and oxygen atoms in total. The largest absolute Gasteiger partial charge is 0.480 e. The number of nitrogens with one attached hydrogen (secondary N) is 3. The van der Waals surface area contributed by atoms with Crippen molar-refractivity contribution in [3.05, 3.63) is 147 Å². The average Bonchev–Trinajstić information content (AvgIpc) is 3.92. The fourth-order valence-electron chi connectivity index (χ4n) is 5.42. The molecule has 2 aliphatic heterocycles. The molecule has 21 heteroatoms. The van der Waals surface area contributed by atoms with E-state index in [1.165, 1.54) is 14.2 Å². The number of imidazole rings is 2. The molecule has 2 aliphatic rings. The van der Waals surface area contributed by atoms with Gasteiger partial charge >= 0.3 is 0 Å². The summed E-state index contributed by atoms with van der Waals surface area (Å²) in [6.07, 6.45) is 6.91. The number of halogens is 7. The van der Waals surface area contributed by atoms with Crippen LogP contribution in [0.4, 0.5) is 26.3 Å². The molecule has 8 rings (SSSR count). The monoisotopic (exact) mass is 902 g/mol. The maximum atomic E-state index is 13.6. The first-order valence-electron chi connectivity index (χ1n) is 17.3. The van der Waals surface area contributed by atoms with Gasteiger partial charge < -0.3 is 19.0 Å². The van der Waals surface area contributed by atoms with Crippen molar-refractivity contribution < 1.29 is 45.5 Å². The van der Waals surface area contributed by atoms with E-state index in [4.69, 9.17) is 19.1 Å². The van der Waals surface area contributed by atoms with Gasteiger partial charge in [-0.15, -0.1) is 0 Å². The zero-order valence-corrected chi connectivity index (χ0v) is 33.0. The fraction of sp³-hybridized carbons (Fsp3) is 0.231. The van der Waals surface area contributed by atoms with E-state index in [0.717, 1.165) is 35.7 Å². The number of methoxy groups -OCH3 is 2. The number of amidine groups is 2. The third kappa shape index (κ3) is 10.6. The van der Waals surface area contributed by atoms with Gasteiger partial charge in [-0.2, -0.15) is 0 Å². The zero-order valence-electron chi connectivity index (χ0n) is 31.4. The van der Waals surface area contributed by atoms with Gasteiger partial charge in [-0.25, -0.2) is 57.2 Å². The minimum atomic E-state index is -1.52. The number of hydrogen-bond donors (Lipinski definition) is 3. The molecule has 0 bridgehead atoms. The van der Waals surface area contributed by atoms with E-state index in [0.29, 0.717) is 33.3 Å². The number of aromatic nitrogens is 6. The van der Waals surface area contributed by atoms with E-state index in [1.807, 2.05) is 20.0 Å². The second-order valence-electron chi connectivity index (χ2n) is 12.5. The molecule has 6 aromatic rings. The summed E-state index contributed by atoms with van der Waals surface area (Å²) in [6.45, 7) is 3.87. The fourth-order valence-corrected chi connectivity index (χ4v) is 5.80. The number of aliphatic imine (C=N–C) groups is 2. The molecule has 2 aromatic carbocycles. The Labute approximate surface area is 347 Å². The van der Waals surface area contributed by atoms with Gasteiger partial charge in [0, 0.05) is 18.1 Å². The van der Waals surface area contributed by atoms with Gasteiger partial charge in [-0.3, -0.25) is 19.7 Å². The van der Waals surface area contributed by atoms with E-state index in [-0.39, 0.29) is 43.4 Å². The van der Waals surface area contributed by atoms with Gasteiger partial charge in [0.15, 0.2) is 46.6 Å². The van der Waals surface area contributed by atoms with Crippen LogP contribution >= 0.6 is 15.9 Å². The van der Waals surface area contributed by atoms with E-state index in [1.54, 1.807) is 47.7 Å². The molecular formula is C39H37BrF6N10O4. The van der Waals surface area contributed by atoms with Gasteiger partial charge in [0.2, 0.25) is 11.8 Å². The summed E-state index contributed by atoms with van der Waals surface area (Å²) in [5.41, 5.74) is 8.99. The van der Waals surface area contributed by atoms with Crippen LogP contribution in [0.15, 0.2) is 88.0 Å². The number of pyridine rings is 2. The van der Waals surface area contributed by atoms with Gasteiger partial charge in [0.05, 0.1) is 37.0 Å². The Bertz CT molecular complexity index is 2440. The highest BCUT2D eigenvalue weighted by Gasteiger charge is 2.25. The molecule has 0 saturated carbocycles. The summed E-state index contributed by atoms with van der Waals surface area (Å²) in [7, 11) is 2.95. The second-order valence-corrected chi connectivity index (χ2v) is 13.3. The Morgan fingerprint density at radius 1 is 0.733 bits per heavy atom. The highest BCUT2D eigenvalue weighted by atomic mass is 79.9. The van der Waals surface area contributed by atoms with Gasteiger partial charge in [-0.1, -0.05) is 7.43 Å². The van der Waals surface area contributed by atoms with Crippen LogP contribution in [0.25, 0.3) is 5.69 Å². The highest BCUT2D eigenvalue weighted by Crippen LogP contribution is 2.28. The standard InChI is InChI=1S/C19H16F3N5O2.C15H11BrF3N3O2.C4H6N2.CH4/c1-10-7-27(9-23-10)16-4-3-14(25-19(16)28-2)18-24-15(8-29-26-18)11-5-12(20)17(22)13(21)6-11;1-23-15-8(16)2-3-11(21-15)14-20-12(6-24-22-14)7-4-9(17)13(19)10(18)5-7;1-4-2-5-3-6-4;/h3-7,9,15H,8H2,1-2H3,(H,24,26);2-5,12H,6H2,1H3,(H,20,22);2-3H,1H3,(H,5,6);1H4. The summed E-state index contributed by atoms with van der Waals surface area (Å²) < 4.78 is 93.2. The quantitative estimate of drug-likeness (QED) is 0.107. The van der Waals surface area contributed by atoms with Crippen molar-refractivity contribution in [3.63, 3.8) is 0 Å². The maximum Gasteiger partial charge on any atom is 0.238 e. The molecule has 3 N–H and O–H groups in total. The van der Waals surface area contributed by atoms with Crippen molar-refractivity contribution in [1.82, 2.24) is 40.4 Å². The van der Waals surface area contributed by atoms with Crippen LogP contribution in [0.2, 0.25) is 0 Å².